The van der Waals surface area contributed by atoms with Gasteiger partial charge in [0.05, 0.1) is 24.6 Å². The van der Waals surface area contributed by atoms with E-state index in [1.165, 1.54) is 0 Å². The number of thiocarbonyl (C=S) groups is 1. The van der Waals surface area contributed by atoms with Crippen LogP contribution in [0, 0.1) is 6.92 Å². The van der Waals surface area contributed by atoms with Crippen molar-refractivity contribution in [2.45, 2.75) is 6.92 Å². The predicted molar refractivity (Wildman–Crippen MR) is 76.9 cm³/mol. The molecule has 1 aliphatic heterocycles. The summed E-state index contributed by atoms with van der Waals surface area (Å²) in [5.74, 6) is -0.547. The lowest BCUT2D eigenvalue weighted by Crippen LogP contribution is -2.55. The number of hydrogen-bond acceptors (Lipinski definition) is 4. The van der Waals surface area contributed by atoms with E-state index in [1.54, 1.807) is 4.90 Å². The number of nitrogens with two attached hydrogens (primary N) is 1. The first kappa shape index (κ1) is 13.5. The molecule has 0 unspecified atom stereocenters. The highest BCUT2D eigenvalue weighted by Crippen LogP contribution is 2.18. The summed E-state index contributed by atoms with van der Waals surface area (Å²) in [6.07, 6.45) is 0. The van der Waals surface area contributed by atoms with E-state index in [0.717, 1.165) is 16.2 Å². The van der Waals surface area contributed by atoms with E-state index in [9.17, 15) is 9.59 Å². The molecule has 1 fully saturated rings. The van der Waals surface area contributed by atoms with Gasteiger partial charge in [0, 0.05) is 5.69 Å². The Morgan fingerprint density at radius 1 is 1.21 bits per heavy atom. The predicted octanol–water partition coefficient (Wildman–Crippen LogP) is 0.456. The molecule has 2 amide bonds. The molecule has 1 heterocycles. The van der Waals surface area contributed by atoms with Gasteiger partial charge in [0.1, 0.15) is 0 Å². The van der Waals surface area contributed by atoms with Crippen molar-refractivity contribution in [2.75, 3.05) is 24.5 Å². The second-order valence-electron chi connectivity index (χ2n) is 4.53. The summed E-state index contributed by atoms with van der Waals surface area (Å²) in [5, 5.41) is 0. The van der Waals surface area contributed by atoms with Crippen molar-refractivity contribution in [3.8, 4) is 0 Å². The second kappa shape index (κ2) is 5.36. The zero-order valence-corrected chi connectivity index (χ0v) is 11.4. The van der Waals surface area contributed by atoms with Crippen LogP contribution in [0.25, 0.3) is 0 Å². The van der Waals surface area contributed by atoms with Gasteiger partial charge in [-0.25, -0.2) is 0 Å². The fourth-order valence-electron chi connectivity index (χ4n) is 1.96. The molecule has 1 saturated heterocycles. The number of aryl methyl sites for hydroxylation is 1. The third kappa shape index (κ3) is 3.08. The fraction of sp³-hybridized carbons (Fsp3) is 0.308. The number of benzene rings is 1. The van der Waals surface area contributed by atoms with Gasteiger partial charge in [-0.2, -0.15) is 0 Å². The quantitative estimate of drug-likeness (QED) is 0.642. The maximum atomic E-state index is 11.9. The molecule has 0 spiro atoms. The molecule has 100 valence electrons. The summed E-state index contributed by atoms with van der Waals surface area (Å²) >= 11 is 4.74. The summed E-state index contributed by atoms with van der Waals surface area (Å²) in [6, 6.07) is 7.70. The van der Waals surface area contributed by atoms with E-state index in [0.29, 0.717) is 0 Å². The standard InChI is InChI=1S/C13H15N3O2S/c1-9-2-4-10(5-3-9)15-7-12(17)16(6-11(14)19)13(18)8-15/h2-5H,6-8H2,1H3,(H2,14,19). The van der Waals surface area contributed by atoms with Crippen molar-refractivity contribution in [2.24, 2.45) is 5.73 Å². The number of rotatable bonds is 3. The van der Waals surface area contributed by atoms with E-state index in [4.69, 9.17) is 18.0 Å². The normalized spacial score (nSPS) is 15.8. The van der Waals surface area contributed by atoms with Crippen molar-refractivity contribution in [3.63, 3.8) is 0 Å². The first-order valence-electron chi connectivity index (χ1n) is 5.90. The third-order valence-electron chi connectivity index (χ3n) is 2.97. The number of hydrogen-bond donors (Lipinski definition) is 1. The minimum absolute atomic E-state index is 0.0226. The average molecular weight is 277 g/mol. The van der Waals surface area contributed by atoms with Crippen LogP contribution in [-0.4, -0.2) is 41.3 Å². The highest BCUT2D eigenvalue weighted by molar-refractivity contribution is 7.80. The van der Waals surface area contributed by atoms with Gasteiger partial charge in [0.25, 0.3) is 0 Å². The van der Waals surface area contributed by atoms with Gasteiger partial charge in [-0.15, -0.1) is 0 Å². The van der Waals surface area contributed by atoms with Crippen LogP contribution in [0.1, 0.15) is 5.56 Å². The molecule has 2 N–H and O–H groups in total. The molecule has 1 aromatic carbocycles. The topological polar surface area (TPSA) is 66.6 Å². The molecule has 0 radical (unpaired) electrons. The van der Waals surface area contributed by atoms with E-state index >= 15 is 0 Å². The lowest BCUT2D eigenvalue weighted by Gasteiger charge is -2.33. The number of carbonyl (C=O) groups is 2. The first-order valence-corrected chi connectivity index (χ1v) is 6.31. The average Bonchev–Trinajstić information content (AvgIpc) is 2.34. The molecule has 1 aliphatic rings. The monoisotopic (exact) mass is 277 g/mol. The van der Waals surface area contributed by atoms with Crippen LogP contribution < -0.4 is 10.6 Å². The number of carbonyl (C=O) groups excluding carboxylic acids is 2. The van der Waals surface area contributed by atoms with Crippen molar-refractivity contribution >= 4 is 34.7 Å². The summed E-state index contributed by atoms with van der Waals surface area (Å²) in [6.45, 7) is 2.34. The maximum Gasteiger partial charge on any atom is 0.249 e. The maximum absolute atomic E-state index is 11.9. The van der Waals surface area contributed by atoms with Gasteiger partial charge >= 0.3 is 0 Å². The molecule has 2 rings (SSSR count). The minimum Gasteiger partial charge on any atom is -0.392 e. The molecule has 0 aliphatic carbocycles. The van der Waals surface area contributed by atoms with E-state index in [1.807, 2.05) is 31.2 Å². The number of anilines is 1. The molecule has 0 bridgehead atoms. The third-order valence-corrected chi connectivity index (χ3v) is 3.10. The van der Waals surface area contributed by atoms with E-state index in [-0.39, 0.29) is 36.4 Å². The number of amides is 2. The summed E-state index contributed by atoms with van der Waals surface area (Å²) in [5.41, 5.74) is 7.38. The molecule has 1 aromatic rings. The Morgan fingerprint density at radius 3 is 2.21 bits per heavy atom. The van der Waals surface area contributed by atoms with Gasteiger partial charge in [0.15, 0.2) is 0 Å². The lowest BCUT2D eigenvalue weighted by molar-refractivity contribution is -0.144. The largest absolute Gasteiger partial charge is 0.392 e. The van der Waals surface area contributed by atoms with Crippen LogP contribution in [0.3, 0.4) is 0 Å². The zero-order chi connectivity index (χ0) is 14.0. The Kier molecular flexibility index (Phi) is 3.80. The fourth-order valence-corrected chi connectivity index (χ4v) is 2.09. The Bertz CT molecular complexity index is 509. The molecular formula is C13H15N3O2S. The first-order chi connectivity index (χ1) is 8.97. The highest BCUT2D eigenvalue weighted by Gasteiger charge is 2.31. The van der Waals surface area contributed by atoms with Crippen LogP contribution in [0.4, 0.5) is 5.69 Å². The summed E-state index contributed by atoms with van der Waals surface area (Å²) < 4.78 is 0. The van der Waals surface area contributed by atoms with Gasteiger partial charge in [-0.05, 0) is 19.1 Å². The Labute approximate surface area is 117 Å². The van der Waals surface area contributed by atoms with E-state index < -0.39 is 0 Å². The molecule has 5 nitrogen and oxygen atoms in total. The van der Waals surface area contributed by atoms with Crippen molar-refractivity contribution in [3.05, 3.63) is 29.8 Å². The molecular weight excluding hydrogens is 262 g/mol. The minimum atomic E-state index is -0.273. The second-order valence-corrected chi connectivity index (χ2v) is 5.06. The summed E-state index contributed by atoms with van der Waals surface area (Å²) in [7, 11) is 0. The summed E-state index contributed by atoms with van der Waals surface area (Å²) in [4.78, 5) is 26.9. The van der Waals surface area contributed by atoms with Gasteiger partial charge in [-0.3, -0.25) is 14.5 Å². The number of nitrogens with zero attached hydrogens (tertiary/aromatic N) is 2. The lowest BCUT2D eigenvalue weighted by atomic mass is 10.2. The molecule has 6 heteroatoms. The van der Waals surface area contributed by atoms with Gasteiger partial charge < -0.3 is 10.6 Å². The zero-order valence-electron chi connectivity index (χ0n) is 10.6. The van der Waals surface area contributed by atoms with Crippen molar-refractivity contribution in [1.82, 2.24) is 4.90 Å². The van der Waals surface area contributed by atoms with Gasteiger partial charge in [-0.1, -0.05) is 29.9 Å². The van der Waals surface area contributed by atoms with Crippen LogP contribution >= 0.6 is 12.2 Å². The molecule has 0 atom stereocenters. The molecule has 0 saturated carbocycles. The Morgan fingerprint density at radius 2 is 1.74 bits per heavy atom. The van der Waals surface area contributed by atoms with Crippen molar-refractivity contribution < 1.29 is 9.59 Å². The van der Waals surface area contributed by atoms with Crippen LogP contribution in [0.15, 0.2) is 24.3 Å². The number of imide groups is 1. The number of piperazine rings is 1. The highest BCUT2D eigenvalue weighted by atomic mass is 32.1. The Hall–Kier alpha value is -1.95. The Balaban J connectivity index is 2.13. The van der Waals surface area contributed by atoms with Crippen LogP contribution in [0.5, 0.6) is 0 Å². The van der Waals surface area contributed by atoms with Crippen molar-refractivity contribution in [1.29, 1.82) is 0 Å². The smallest absolute Gasteiger partial charge is 0.249 e. The van der Waals surface area contributed by atoms with Gasteiger partial charge in [0.2, 0.25) is 11.8 Å². The molecule has 19 heavy (non-hydrogen) atoms. The molecule has 0 aromatic heterocycles. The van der Waals surface area contributed by atoms with E-state index in [2.05, 4.69) is 0 Å². The SMILES string of the molecule is Cc1ccc(N2CC(=O)N(CC(N)=S)C(=O)C2)cc1. The van der Waals surface area contributed by atoms with Crippen LogP contribution in [0.2, 0.25) is 0 Å². The van der Waals surface area contributed by atoms with Crippen LogP contribution in [-0.2, 0) is 9.59 Å².